The van der Waals surface area contributed by atoms with Gasteiger partial charge in [-0.2, -0.15) is 0 Å². The van der Waals surface area contributed by atoms with Gasteiger partial charge in [0, 0.05) is 26.2 Å². The van der Waals surface area contributed by atoms with E-state index in [1.807, 2.05) is 6.92 Å². The zero-order valence-electron chi connectivity index (χ0n) is 14.2. The first-order valence-electron chi connectivity index (χ1n) is 8.02. The van der Waals surface area contributed by atoms with E-state index >= 15 is 0 Å². The highest BCUT2D eigenvalue weighted by atomic mass is 32.2. The molecule has 1 fully saturated rings. The molecule has 0 radical (unpaired) electrons. The summed E-state index contributed by atoms with van der Waals surface area (Å²) in [7, 11) is -1.76. The molecule has 0 aliphatic carbocycles. The number of hydrogen-bond acceptors (Lipinski definition) is 5. The Hall–Kier alpha value is -1.35. The highest BCUT2D eigenvalue weighted by molar-refractivity contribution is 7.89. The number of aliphatic imine (C=N–C) groups is 1. The Bertz CT molecular complexity index is 499. The summed E-state index contributed by atoms with van der Waals surface area (Å²) in [6.45, 7) is 6.43. The number of rotatable bonds is 7. The van der Waals surface area contributed by atoms with Crippen molar-refractivity contribution in [1.29, 1.82) is 0 Å². The summed E-state index contributed by atoms with van der Waals surface area (Å²) in [4.78, 5) is 18.1. The number of guanidine groups is 1. The third kappa shape index (κ3) is 6.74. The number of ether oxygens (including phenoxy) is 1. The van der Waals surface area contributed by atoms with Crippen LogP contribution in [0.25, 0.3) is 0 Å². The Morgan fingerprint density at radius 3 is 2.48 bits per heavy atom. The number of carbonyl (C=O) groups excluding carboxylic acids is 1. The number of nitrogens with zero attached hydrogens (tertiary/aromatic N) is 2. The fraction of sp³-hybridized carbons (Fsp3) is 0.857. The molecule has 0 amide bonds. The van der Waals surface area contributed by atoms with Crippen molar-refractivity contribution in [2.45, 2.75) is 26.7 Å². The van der Waals surface area contributed by atoms with Gasteiger partial charge in [-0.3, -0.25) is 9.79 Å². The van der Waals surface area contributed by atoms with Gasteiger partial charge in [-0.05, 0) is 26.7 Å². The Kier molecular flexibility index (Phi) is 8.32. The Morgan fingerprint density at radius 1 is 1.30 bits per heavy atom. The van der Waals surface area contributed by atoms with Gasteiger partial charge < -0.3 is 15.0 Å². The molecule has 0 bridgehead atoms. The first-order chi connectivity index (χ1) is 10.9. The van der Waals surface area contributed by atoms with E-state index < -0.39 is 10.0 Å². The van der Waals surface area contributed by atoms with Crippen LogP contribution in [-0.2, 0) is 19.6 Å². The van der Waals surface area contributed by atoms with Crippen LogP contribution in [0, 0.1) is 5.92 Å². The highest BCUT2D eigenvalue weighted by Gasteiger charge is 2.26. The van der Waals surface area contributed by atoms with Crippen molar-refractivity contribution in [3.8, 4) is 0 Å². The van der Waals surface area contributed by atoms with E-state index in [1.165, 1.54) is 7.11 Å². The molecule has 2 N–H and O–H groups in total. The summed E-state index contributed by atoms with van der Waals surface area (Å²) in [5.74, 6) is 0.625. The van der Waals surface area contributed by atoms with Gasteiger partial charge in [0.25, 0.3) is 0 Å². The standard InChI is InChI=1S/C14H28N4O4S/c1-4-15-14(16-8-9-17-23(20,21)5-2)18-10-6-12(7-11-18)13(19)22-3/h12,17H,4-11H2,1-3H3,(H,15,16). The molecule has 1 rings (SSSR count). The number of carbonyl (C=O) groups is 1. The maximum Gasteiger partial charge on any atom is 0.308 e. The van der Waals surface area contributed by atoms with E-state index in [2.05, 4.69) is 19.9 Å². The van der Waals surface area contributed by atoms with Crippen LogP contribution in [0.4, 0.5) is 0 Å². The van der Waals surface area contributed by atoms with E-state index in [-0.39, 0.29) is 24.2 Å². The van der Waals surface area contributed by atoms with E-state index in [0.29, 0.717) is 6.54 Å². The Labute approximate surface area is 138 Å². The van der Waals surface area contributed by atoms with Crippen LogP contribution in [0.15, 0.2) is 4.99 Å². The van der Waals surface area contributed by atoms with Crippen LogP contribution < -0.4 is 10.0 Å². The van der Waals surface area contributed by atoms with E-state index in [1.54, 1.807) is 6.92 Å². The smallest absolute Gasteiger partial charge is 0.308 e. The molecule has 0 aromatic carbocycles. The minimum atomic E-state index is -3.18. The fourth-order valence-corrected chi connectivity index (χ4v) is 2.99. The maximum absolute atomic E-state index is 11.6. The molecule has 0 saturated carbocycles. The van der Waals surface area contributed by atoms with Crippen molar-refractivity contribution >= 4 is 22.0 Å². The van der Waals surface area contributed by atoms with Crippen LogP contribution in [0.5, 0.6) is 0 Å². The largest absolute Gasteiger partial charge is 0.469 e. The molecule has 23 heavy (non-hydrogen) atoms. The SMILES string of the molecule is CCNC(=NCCNS(=O)(=O)CC)N1CCC(C(=O)OC)CC1. The summed E-state index contributed by atoms with van der Waals surface area (Å²) < 4.78 is 30.0. The number of hydrogen-bond donors (Lipinski definition) is 2. The average Bonchev–Trinajstić information content (AvgIpc) is 2.57. The van der Waals surface area contributed by atoms with E-state index in [0.717, 1.165) is 38.4 Å². The predicted molar refractivity (Wildman–Crippen MR) is 89.8 cm³/mol. The molecule has 1 heterocycles. The van der Waals surface area contributed by atoms with Crippen molar-refractivity contribution in [2.24, 2.45) is 10.9 Å². The average molecular weight is 348 g/mol. The molecule has 0 spiro atoms. The third-order valence-electron chi connectivity index (χ3n) is 3.74. The molecular weight excluding hydrogens is 320 g/mol. The molecule has 0 unspecified atom stereocenters. The highest BCUT2D eigenvalue weighted by Crippen LogP contribution is 2.18. The predicted octanol–water partition coefficient (Wildman–Crippen LogP) is -0.224. The van der Waals surface area contributed by atoms with Crippen molar-refractivity contribution in [1.82, 2.24) is 14.9 Å². The second kappa shape index (κ2) is 9.71. The molecule has 1 saturated heterocycles. The van der Waals surface area contributed by atoms with Gasteiger partial charge in [-0.15, -0.1) is 0 Å². The van der Waals surface area contributed by atoms with Crippen molar-refractivity contribution < 1.29 is 17.9 Å². The Morgan fingerprint density at radius 2 is 1.96 bits per heavy atom. The first-order valence-corrected chi connectivity index (χ1v) is 9.67. The molecule has 0 aromatic heterocycles. The quantitative estimate of drug-likeness (QED) is 0.285. The summed E-state index contributed by atoms with van der Waals surface area (Å²) in [5.41, 5.74) is 0. The van der Waals surface area contributed by atoms with Gasteiger partial charge in [0.05, 0.1) is 25.3 Å². The lowest BCUT2D eigenvalue weighted by Crippen LogP contribution is -2.47. The summed E-state index contributed by atoms with van der Waals surface area (Å²) in [5, 5.41) is 3.20. The normalized spacial score (nSPS) is 17.2. The van der Waals surface area contributed by atoms with Crippen molar-refractivity contribution in [3.63, 3.8) is 0 Å². The second-order valence-corrected chi connectivity index (χ2v) is 7.41. The maximum atomic E-state index is 11.6. The lowest BCUT2D eigenvalue weighted by molar-refractivity contribution is -0.146. The number of esters is 1. The van der Waals surface area contributed by atoms with Crippen molar-refractivity contribution in [2.75, 3.05) is 45.6 Å². The van der Waals surface area contributed by atoms with Gasteiger partial charge in [-0.25, -0.2) is 13.1 Å². The third-order valence-corrected chi connectivity index (χ3v) is 5.14. The summed E-state index contributed by atoms with van der Waals surface area (Å²) in [6, 6.07) is 0. The second-order valence-electron chi connectivity index (χ2n) is 5.32. The topological polar surface area (TPSA) is 100 Å². The molecule has 1 aliphatic rings. The fourth-order valence-electron chi connectivity index (χ4n) is 2.38. The van der Waals surface area contributed by atoms with Gasteiger partial charge >= 0.3 is 5.97 Å². The van der Waals surface area contributed by atoms with E-state index in [9.17, 15) is 13.2 Å². The molecular formula is C14H28N4O4S. The number of nitrogens with one attached hydrogen (secondary N) is 2. The summed E-state index contributed by atoms with van der Waals surface area (Å²) in [6.07, 6.45) is 1.47. The molecule has 8 nitrogen and oxygen atoms in total. The van der Waals surface area contributed by atoms with Gasteiger partial charge in [0.2, 0.25) is 10.0 Å². The van der Waals surface area contributed by atoms with Crippen LogP contribution in [0.1, 0.15) is 26.7 Å². The molecule has 0 atom stereocenters. The van der Waals surface area contributed by atoms with Crippen LogP contribution >= 0.6 is 0 Å². The minimum absolute atomic E-state index is 0.0458. The van der Waals surface area contributed by atoms with Gasteiger partial charge in [0.1, 0.15) is 0 Å². The molecule has 1 aliphatic heterocycles. The monoisotopic (exact) mass is 348 g/mol. The van der Waals surface area contributed by atoms with Gasteiger partial charge in [0.15, 0.2) is 5.96 Å². The molecule has 9 heteroatoms. The Balaban J connectivity index is 2.51. The number of methoxy groups -OCH3 is 1. The van der Waals surface area contributed by atoms with Crippen LogP contribution in [-0.4, -0.2) is 70.8 Å². The zero-order valence-corrected chi connectivity index (χ0v) is 15.0. The first kappa shape index (κ1) is 19.7. The number of piperidine rings is 1. The lowest BCUT2D eigenvalue weighted by atomic mass is 9.97. The van der Waals surface area contributed by atoms with Crippen LogP contribution in [0.2, 0.25) is 0 Å². The number of likely N-dealkylation sites (tertiary alicyclic amines) is 1. The van der Waals surface area contributed by atoms with Crippen LogP contribution in [0.3, 0.4) is 0 Å². The zero-order chi connectivity index (χ0) is 17.3. The molecule has 134 valence electrons. The minimum Gasteiger partial charge on any atom is -0.469 e. The van der Waals surface area contributed by atoms with E-state index in [4.69, 9.17) is 4.74 Å². The lowest BCUT2D eigenvalue weighted by Gasteiger charge is -2.33. The number of sulfonamides is 1. The molecule has 0 aromatic rings. The van der Waals surface area contributed by atoms with Crippen molar-refractivity contribution in [3.05, 3.63) is 0 Å². The van der Waals surface area contributed by atoms with Gasteiger partial charge in [-0.1, -0.05) is 0 Å². The summed E-state index contributed by atoms with van der Waals surface area (Å²) >= 11 is 0.